The number of carbonyl (C=O) groups excluding carboxylic acids is 2. The molecule has 0 spiro atoms. The van der Waals surface area contributed by atoms with Crippen LogP contribution in [0.25, 0.3) is 0 Å². The largest absolute Gasteiger partial charge is 0.347 e. The lowest BCUT2D eigenvalue weighted by Gasteiger charge is -2.33. The Morgan fingerprint density at radius 1 is 0.706 bits per heavy atom. The topological polar surface area (TPSA) is 58.2 Å². The highest BCUT2D eigenvalue weighted by atomic mass is 79.9. The first-order valence-electron chi connectivity index (χ1n) is 12.0. The SMILES string of the molecule is CC(C)(C)c1ccc(C(=O)N[C@H]2CCCC[C@@H]2NC(=O)c2ccc(C(C)(C)C)c(Br)c2)cc1Br. The van der Waals surface area contributed by atoms with Crippen molar-refractivity contribution in [1.82, 2.24) is 10.6 Å². The summed E-state index contributed by atoms with van der Waals surface area (Å²) < 4.78 is 1.87. The minimum Gasteiger partial charge on any atom is -0.347 e. The first-order valence-corrected chi connectivity index (χ1v) is 13.6. The van der Waals surface area contributed by atoms with Crippen LogP contribution in [0.1, 0.15) is 99.1 Å². The van der Waals surface area contributed by atoms with Gasteiger partial charge in [-0.15, -0.1) is 0 Å². The van der Waals surface area contributed by atoms with Gasteiger partial charge in [0.25, 0.3) is 11.8 Å². The fourth-order valence-electron chi connectivity index (χ4n) is 4.51. The molecule has 1 aliphatic rings. The average Bonchev–Trinajstić information content (AvgIpc) is 2.73. The van der Waals surface area contributed by atoms with Crippen molar-refractivity contribution in [3.05, 3.63) is 67.6 Å². The zero-order valence-corrected chi connectivity index (χ0v) is 24.2. The van der Waals surface area contributed by atoms with Crippen molar-refractivity contribution < 1.29 is 9.59 Å². The molecule has 2 aromatic carbocycles. The number of carbonyl (C=O) groups is 2. The van der Waals surface area contributed by atoms with Gasteiger partial charge in [-0.3, -0.25) is 9.59 Å². The van der Waals surface area contributed by atoms with E-state index in [0.717, 1.165) is 45.8 Å². The van der Waals surface area contributed by atoms with E-state index in [2.05, 4.69) is 84.0 Å². The number of hydrogen-bond donors (Lipinski definition) is 2. The molecule has 0 bridgehead atoms. The van der Waals surface area contributed by atoms with Gasteiger partial charge in [0.2, 0.25) is 0 Å². The lowest BCUT2D eigenvalue weighted by Crippen LogP contribution is -2.53. The summed E-state index contributed by atoms with van der Waals surface area (Å²) in [6, 6.07) is 11.4. The summed E-state index contributed by atoms with van der Waals surface area (Å²) in [5, 5.41) is 6.37. The van der Waals surface area contributed by atoms with Gasteiger partial charge in [0.15, 0.2) is 0 Å². The Hall–Kier alpha value is -1.66. The maximum absolute atomic E-state index is 13.1. The minimum atomic E-state index is -0.107. The minimum absolute atomic E-state index is 0.00728. The summed E-state index contributed by atoms with van der Waals surface area (Å²) in [5.74, 6) is -0.214. The second-order valence-electron chi connectivity index (χ2n) is 11.3. The molecule has 0 radical (unpaired) electrons. The molecule has 0 aromatic heterocycles. The number of hydrogen-bond acceptors (Lipinski definition) is 2. The highest BCUT2D eigenvalue weighted by Gasteiger charge is 2.29. The second kappa shape index (κ2) is 10.5. The number of rotatable bonds is 4. The smallest absolute Gasteiger partial charge is 0.251 e. The molecular weight excluding hydrogens is 556 g/mol. The predicted molar refractivity (Wildman–Crippen MR) is 147 cm³/mol. The van der Waals surface area contributed by atoms with Crippen LogP contribution in [0.3, 0.4) is 0 Å². The van der Waals surface area contributed by atoms with Crippen LogP contribution in [0.15, 0.2) is 45.3 Å². The van der Waals surface area contributed by atoms with Gasteiger partial charge < -0.3 is 10.6 Å². The maximum atomic E-state index is 13.1. The van der Waals surface area contributed by atoms with Crippen molar-refractivity contribution >= 4 is 43.7 Å². The van der Waals surface area contributed by atoms with Gasteiger partial charge in [-0.05, 0) is 59.1 Å². The van der Waals surface area contributed by atoms with Gasteiger partial charge in [-0.1, -0.05) is 98.4 Å². The number of halogens is 2. The molecule has 0 heterocycles. The molecule has 1 saturated carbocycles. The highest BCUT2D eigenvalue weighted by Crippen LogP contribution is 2.32. The summed E-state index contributed by atoms with van der Waals surface area (Å²) in [6.07, 6.45) is 3.78. The van der Waals surface area contributed by atoms with E-state index in [0.29, 0.717) is 11.1 Å². The van der Waals surface area contributed by atoms with Gasteiger partial charge in [-0.25, -0.2) is 0 Å². The van der Waals surface area contributed by atoms with Crippen LogP contribution in [0, 0.1) is 0 Å². The third kappa shape index (κ3) is 6.51. The molecule has 2 aromatic rings. The maximum Gasteiger partial charge on any atom is 0.251 e. The van der Waals surface area contributed by atoms with Crippen LogP contribution < -0.4 is 10.6 Å². The highest BCUT2D eigenvalue weighted by molar-refractivity contribution is 9.10. The Bertz CT molecular complexity index is 982. The normalized spacial score (nSPS) is 18.9. The third-order valence-corrected chi connectivity index (χ3v) is 7.79. The fourth-order valence-corrected chi connectivity index (χ4v) is 6.46. The second-order valence-corrected chi connectivity index (χ2v) is 13.0. The van der Waals surface area contributed by atoms with Crippen LogP contribution in [0.5, 0.6) is 0 Å². The fraction of sp³-hybridized carbons (Fsp3) is 0.500. The molecule has 2 amide bonds. The van der Waals surface area contributed by atoms with E-state index in [1.54, 1.807) is 0 Å². The van der Waals surface area contributed by atoms with Crippen LogP contribution in [-0.4, -0.2) is 23.9 Å². The monoisotopic (exact) mass is 590 g/mol. The van der Waals surface area contributed by atoms with E-state index in [-0.39, 0.29) is 34.7 Å². The molecule has 184 valence electrons. The molecule has 2 atom stereocenters. The number of benzene rings is 2. The summed E-state index contributed by atoms with van der Waals surface area (Å²) in [5.41, 5.74) is 3.56. The Balaban J connectivity index is 1.71. The van der Waals surface area contributed by atoms with Crippen molar-refractivity contribution in [2.24, 2.45) is 0 Å². The summed E-state index contributed by atoms with van der Waals surface area (Å²) in [4.78, 5) is 26.1. The van der Waals surface area contributed by atoms with Gasteiger partial charge in [0.05, 0.1) is 0 Å². The summed E-state index contributed by atoms with van der Waals surface area (Å²) in [6.45, 7) is 12.9. The van der Waals surface area contributed by atoms with Gasteiger partial charge in [0, 0.05) is 32.2 Å². The molecule has 3 rings (SSSR count). The molecule has 0 saturated heterocycles. The van der Waals surface area contributed by atoms with Crippen molar-refractivity contribution in [2.75, 3.05) is 0 Å². The molecule has 1 fully saturated rings. The van der Waals surface area contributed by atoms with E-state index < -0.39 is 0 Å². The molecule has 6 heteroatoms. The van der Waals surface area contributed by atoms with Crippen LogP contribution in [-0.2, 0) is 10.8 Å². The molecule has 2 N–H and O–H groups in total. The average molecular weight is 592 g/mol. The van der Waals surface area contributed by atoms with Crippen molar-refractivity contribution in [3.8, 4) is 0 Å². The molecule has 34 heavy (non-hydrogen) atoms. The number of amides is 2. The standard InChI is InChI=1S/C28H36Br2N2O2/c1-27(2,3)19-13-11-17(15-21(19)29)25(33)31-23-9-7-8-10-24(23)32-26(34)18-12-14-20(22(30)16-18)28(4,5)6/h11-16,23-24H,7-10H2,1-6H3,(H,31,33)(H,32,34)/t23-,24-/m0/s1. The first kappa shape index (κ1) is 26.9. The van der Waals surface area contributed by atoms with Gasteiger partial charge >= 0.3 is 0 Å². The van der Waals surface area contributed by atoms with E-state index >= 15 is 0 Å². The zero-order valence-electron chi connectivity index (χ0n) is 21.0. The Kier molecular flexibility index (Phi) is 8.34. The molecule has 4 nitrogen and oxygen atoms in total. The van der Waals surface area contributed by atoms with Crippen molar-refractivity contribution in [3.63, 3.8) is 0 Å². The van der Waals surface area contributed by atoms with Crippen LogP contribution in [0.4, 0.5) is 0 Å². The van der Waals surface area contributed by atoms with E-state index in [4.69, 9.17) is 0 Å². The third-order valence-electron chi connectivity index (χ3n) is 6.48. The predicted octanol–water partition coefficient (Wildman–Crippen LogP) is 7.28. The number of nitrogens with one attached hydrogen (secondary N) is 2. The quantitative estimate of drug-likeness (QED) is 0.392. The molecular formula is C28H36Br2N2O2. The molecule has 1 aliphatic carbocycles. The van der Waals surface area contributed by atoms with E-state index in [9.17, 15) is 9.59 Å². The van der Waals surface area contributed by atoms with E-state index in [1.165, 1.54) is 0 Å². The lowest BCUT2D eigenvalue weighted by atomic mass is 9.86. The van der Waals surface area contributed by atoms with E-state index in [1.807, 2.05) is 36.4 Å². The summed E-state index contributed by atoms with van der Waals surface area (Å²) >= 11 is 7.26. The van der Waals surface area contributed by atoms with Gasteiger partial charge in [-0.2, -0.15) is 0 Å². The first-order chi connectivity index (χ1) is 15.8. The summed E-state index contributed by atoms with van der Waals surface area (Å²) in [7, 11) is 0. The van der Waals surface area contributed by atoms with Crippen molar-refractivity contribution in [2.45, 2.75) is 90.1 Å². The Morgan fingerprint density at radius 3 is 1.35 bits per heavy atom. The Morgan fingerprint density at radius 2 is 1.06 bits per heavy atom. The Labute approximate surface area is 220 Å². The molecule has 0 unspecified atom stereocenters. The molecule has 0 aliphatic heterocycles. The van der Waals surface area contributed by atoms with Gasteiger partial charge in [0.1, 0.15) is 0 Å². The zero-order chi connectivity index (χ0) is 25.3. The lowest BCUT2D eigenvalue weighted by molar-refractivity contribution is 0.0862. The van der Waals surface area contributed by atoms with Crippen LogP contribution >= 0.6 is 31.9 Å². The van der Waals surface area contributed by atoms with Crippen LogP contribution in [0.2, 0.25) is 0 Å². The van der Waals surface area contributed by atoms with Crippen molar-refractivity contribution in [1.29, 1.82) is 0 Å².